The number of rotatable bonds is 1. The van der Waals surface area contributed by atoms with E-state index in [4.69, 9.17) is 18.0 Å². The second-order valence-corrected chi connectivity index (χ2v) is 3.08. The Morgan fingerprint density at radius 1 is 1.43 bits per heavy atom. The van der Waals surface area contributed by atoms with Gasteiger partial charge in [-0.05, 0) is 18.2 Å². The molecule has 1 aromatic heterocycles. The van der Waals surface area contributed by atoms with Crippen LogP contribution in [0.5, 0.6) is 0 Å². The van der Waals surface area contributed by atoms with Gasteiger partial charge in [-0.25, -0.2) is 9.67 Å². The van der Waals surface area contributed by atoms with Gasteiger partial charge in [0.05, 0.1) is 11.3 Å². The molecule has 0 aliphatic heterocycles. The quantitative estimate of drug-likeness (QED) is 0.663. The number of terminal acetylenes is 1. The Morgan fingerprint density at radius 3 is 2.93 bits per heavy atom. The minimum Gasteiger partial charge on any atom is -0.223 e. The third-order valence-corrected chi connectivity index (χ3v) is 2.01. The topological polar surface area (TPSA) is 30.7 Å². The summed E-state index contributed by atoms with van der Waals surface area (Å²) in [5.74, 6) is 2.55. The van der Waals surface area contributed by atoms with Crippen molar-refractivity contribution in [3.8, 4) is 18.0 Å². The zero-order valence-electron chi connectivity index (χ0n) is 7.18. The Hall–Kier alpha value is -1.79. The van der Waals surface area contributed by atoms with Crippen LogP contribution in [0, 0.1) is 12.3 Å². The van der Waals surface area contributed by atoms with E-state index < -0.39 is 0 Å². The summed E-state index contributed by atoms with van der Waals surface area (Å²) in [5.41, 5.74) is 1.50. The molecule has 1 aromatic carbocycles. The second-order valence-electron chi connectivity index (χ2n) is 2.65. The number of halogens is 1. The van der Waals surface area contributed by atoms with Crippen LogP contribution in [0.25, 0.3) is 5.69 Å². The van der Waals surface area contributed by atoms with Crippen molar-refractivity contribution in [2.24, 2.45) is 0 Å². The van der Waals surface area contributed by atoms with E-state index in [0.717, 1.165) is 5.69 Å². The van der Waals surface area contributed by atoms with Gasteiger partial charge in [-0.15, -0.1) is 6.42 Å². The highest BCUT2D eigenvalue weighted by molar-refractivity contribution is 6.30. The summed E-state index contributed by atoms with van der Waals surface area (Å²) in [6, 6.07) is 5.30. The first-order valence-corrected chi connectivity index (χ1v) is 4.30. The van der Waals surface area contributed by atoms with E-state index in [1.54, 1.807) is 23.1 Å². The molecule has 0 saturated carbocycles. The van der Waals surface area contributed by atoms with Crippen molar-refractivity contribution in [1.29, 1.82) is 0 Å². The number of nitrogens with zero attached hydrogens (tertiary/aromatic N) is 3. The first-order valence-electron chi connectivity index (χ1n) is 3.92. The Labute approximate surface area is 86.3 Å². The van der Waals surface area contributed by atoms with Crippen molar-refractivity contribution < 1.29 is 0 Å². The maximum Gasteiger partial charge on any atom is 0.138 e. The predicted octanol–water partition coefficient (Wildman–Crippen LogP) is 1.90. The molecule has 0 saturated heterocycles. The smallest absolute Gasteiger partial charge is 0.138 e. The van der Waals surface area contributed by atoms with Gasteiger partial charge in [-0.2, -0.15) is 5.10 Å². The number of benzene rings is 1. The molecule has 0 amide bonds. The highest BCUT2D eigenvalue weighted by Gasteiger charge is 2.03. The summed E-state index contributed by atoms with van der Waals surface area (Å²) in [5, 5.41) is 4.60. The van der Waals surface area contributed by atoms with Crippen LogP contribution in [0.4, 0.5) is 0 Å². The van der Waals surface area contributed by atoms with Gasteiger partial charge in [0.15, 0.2) is 0 Å². The van der Waals surface area contributed by atoms with Crippen LogP contribution in [0.15, 0.2) is 30.9 Å². The van der Waals surface area contributed by atoms with Gasteiger partial charge in [-0.1, -0.05) is 17.5 Å². The Balaban J connectivity index is 2.60. The molecular formula is C10H6ClN3. The van der Waals surface area contributed by atoms with E-state index in [1.807, 2.05) is 6.07 Å². The standard InChI is InChI=1S/C10H6ClN3/c1-2-8-5-9(11)3-4-10(8)14-7-12-6-13-14/h1,3-7H. The molecule has 0 fully saturated rings. The fraction of sp³-hybridized carbons (Fsp3) is 0. The van der Waals surface area contributed by atoms with Crippen molar-refractivity contribution >= 4 is 11.6 Å². The lowest BCUT2D eigenvalue weighted by Crippen LogP contribution is -1.97. The molecule has 0 spiro atoms. The fourth-order valence-corrected chi connectivity index (χ4v) is 1.33. The lowest BCUT2D eigenvalue weighted by molar-refractivity contribution is 0.876. The SMILES string of the molecule is C#Cc1cc(Cl)ccc1-n1cncn1. The summed E-state index contributed by atoms with van der Waals surface area (Å²) in [4.78, 5) is 3.85. The highest BCUT2D eigenvalue weighted by Crippen LogP contribution is 2.17. The number of hydrogen-bond donors (Lipinski definition) is 0. The largest absolute Gasteiger partial charge is 0.223 e. The van der Waals surface area contributed by atoms with E-state index in [0.29, 0.717) is 10.6 Å². The van der Waals surface area contributed by atoms with Gasteiger partial charge >= 0.3 is 0 Å². The molecule has 14 heavy (non-hydrogen) atoms. The van der Waals surface area contributed by atoms with Crippen LogP contribution < -0.4 is 0 Å². The van der Waals surface area contributed by atoms with Crippen LogP contribution in [-0.2, 0) is 0 Å². The van der Waals surface area contributed by atoms with E-state index >= 15 is 0 Å². The average molecular weight is 204 g/mol. The zero-order chi connectivity index (χ0) is 9.97. The monoisotopic (exact) mass is 203 g/mol. The summed E-state index contributed by atoms with van der Waals surface area (Å²) in [6.45, 7) is 0. The molecule has 0 aliphatic rings. The summed E-state index contributed by atoms with van der Waals surface area (Å²) in [6.07, 6.45) is 8.40. The molecule has 0 unspecified atom stereocenters. The fourth-order valence-electron chi connectivity index (χ4n) is 1.16. The van der Waals surface area contributed by atoms with Gasteiger partial charge in [0.25, 0.3) is 0 Å². The molecule has 0 N–H and O–H groups in total. The van der Waals surface area contributed by atoms with Crippen LogP contribution in [0.1, 0.15) is 5.56 Å². The van der Waals surface area contributed by atoms with Crippen molar-refractivity contribution in [3.63, 3.8) is 0 Å². The molecular weight excluding hydrogens is 198 g/mol. The van der Waals surface area contributed by atoms with Crippen LogP contribution in [0.3, 0.4) is 0 Å². The summed E-state index contributed by atoms with van der Waals surface area (Å²) < 4.78 is 1.60. The minimum atomic E-state index is 0.613. The normalized spacial score (nSPS) is 9.71. The Morgan fingerprint density at radius 2 is 2.29 bits per heavy atom. The summed E-state index contributed by atoms with van der Waals surface area (Å²) >= 11 is 5.82. The average Bonchev–Trinajstić information content (AvgIpc) is 2.70. The lowest BCUT2D eigenvalue weighted by Gasteiger charge is -2.03. The Bertz CT molecular complexity index is 483. The van der Waals surface area contributed by atoms with Gasteiger partial charge < -0.3 is 0 Å². The molecule has 3 nitrogen and oxygen atoms in total. The molecule has 2 rings (SSSR count). The molecule has 68 valence electrons. The van der Waals surface area contributed by atoms with E-state index in [2.05, 4.69) is 16.0 Å². The van der Waals surface area contributed by atoms with E-state index in [-0.39, 0.29) is 0 Å². The van der Waals surface area contributed by atoms with Crippen LogP contribution >= 0.6 is 11.6 Å². The molecule has 0 radical (unpaired) electrons. The van der Waals surface area contributed by atoms with Crippen LogP contribution in [-0.4, -0.2) is 14.8 Å². The summed E-state index contributed by atoms with van der Waals surface area (Å²) in [7, 11) is 0. The third-order valence-electron chi connectivity index (χ3n) is 1.78. The maximum absolute atomic E-state index is 5.82. The molecule has 0 aliphatic carbocycles. The zero-order valence-corrected chi connectivity index (χ0v) is 7.94. The molecule has 2 aromatic rings. The molecule has 4 heteroatoms. The molecule has 0 atom stereocenters. The third kappa shape index (κ3) is 1.48. The van der Waals surface area contributed by atoms with Gasteiger partial charge in [0.2, 0.25) is 0 Å². The first-order chi connectivity index (χ1) is 6.81. The Kier molecular flexibility index (Phi) is 2.21. The van der Waals surface area contributed by atoms with Crippen molar-refractivity contribution in [1.82, 2.24) is 14.8 Å². The maximum atomic E-state index is 5.82. The first kappa shape index (κ1) is 8.79. The highest BCUT2D eigenvalue weighted by atomic mass is 35.5. The second kappa shape index (κ2) is 3.52. The van der Waals surface area contributed by atoms with E-state index in [1.165, 1.54) is 6.33 Å². The van der Waals surface area contributed by atoms with Gasteiger partial charge in [0.1, 0.15) is 12.7 Å². The van der Waals surface area contributed by atoms with Crippen LogP contribution in [0.2, 0.25) is 5.02 Å². The molecule has 1 heterocycles. The van der Waals surface area contributed by atoms with Crippen molar-refractivity contribution in [2.75, 3.05) is 0 Å². The van der Waals surface area contributed by atoms with Crippen molar-refractivity contribution in [3.05, 3.63) is 41.4 Å². The molecule has 0 bridgehead atoms. The minimum absolute atomic E-state index is 0.613. The number of hydrogen-bond acceptors (Lipinski definition) is 2. The lowest BCUT2D eigenvalue weighted by atomic mass is 10.2. The van der Waals surface area contributed by atoms with Crippen molar-refractivity contribution in [2.45, 2.75) is 0 Å². The van der Waals surface area contributed by atoms with E-state index in [9.17, 15) is 0 Å². The number of aromatic nitrogens is 3. The predicted molar refractivity (Wildman–Crippen MR) is 54.3 cm³/mol. The van der Waals surface area contributed by atoms with Gasteiger partial charge in [0, 0.05) is 5.02 Å². The van der Waals surface area contributed by atoms with Gasteiger partial charge in [-0.3, -0.25) is 0 Å².